The summed E-state index contributed by atoms with van der Waals surface area (Å²) in [7, 11) is 0. The fraction of sp³-hybridized carbons (Fsp3) is 0.130. The quantitative estimate of drug-likeness (QED) is 0.732. The number of anilines is 2. The molecular weight excluding hydrogens is 350 g/mol. The SMILES string of the molecule is Cc1ccc2c(c1)C(=O)N(Nc1ccccc1)C1(C)c3ccccc3C(=O)N21. The van der Waals surface area contributed by atoms with E-state index in [9.17, 15) is 9.59 Å². The van der Waals surface area contributed by atoms with Gasteiger partial charge in [-0.1, -0.05) is 48.0 Å². The van der Waals surface area contributed by atoms with E-state index in [4.69, 9.17) is 0 Å². The van der Waals surface area contributed by atoms with Gasteiger partial charge in [0.15, 0.2) is 5.66 Å². The first-order valence-corrected chi connectivity index (χ1v) is 9.23. The van der Waals surface area contributed by atoms with E-state index in [0.29, 0.717) is 16.8 Å². The molecule has 1 unspecified atom stereocenters. The van der Waals surface area contributed by atoms with Crippen LogP contribution in [0.25, 0.3) is 0 Å². The van der Waals surface area contributed by atoms with Crippen LogP contribution in [0.2, 0.25) is 0 Å². The standard InChI is InChI=1S/C23H19N3O2/c1-15-12-13-20-18(14-15)22(28)26(24-16-8-4-3-5-9-16)23(2)19-11-7-6-10-17(19)21(27)25(20)23/h3-14,24H,1-2H3. The second kappa shape index (κ2) is 5.70. The average molecular weight is 369 g/mol. The van der Waals surface area contributed by atoms with Crippen molar-refractivity contribution in [3.8, 4) is 0 Å². The predicted molar refractivity (Wildman–Crippen MR) is 108 cm³/mol. The van der Waals surface area contributed by atoms with Crippen LogP contribution in [-0.4, -0.2) is 16.8 Å². The molecule has 5 nitrogen and oxygen atoms in total. The molecule has 0 radical (unpaired) electrons. The highest BCUT2D eigenvalue weighted by molar-refractivity contribution is 6.18. The highest BCUT2D eigenvalue weighted by Gasteiger charge is 2.56. The van der Waals surface area contributed by atoms with Crippen LogP contribution in [0, 0.1) is 6.92 Å². The molecule has 3 aromatic carbocycles. The van der Waals surface area contributed by atoms with Crippen molar-refractivity contribution >= 4 is 23.2 Å². The number of fused-ring (bicyclic) bond motifs is 5. The summed E-state index contributed by atoms with van der Waals surface area (Å²) in [5.41, 5.74) is 6.62. The highest BCUT2D eigenvalue weighted by Crippen LogP contribution is 2.49. The molecule has 1 N–H and O–H groups in total. The minimum Gasteiger partial charge on any atom is -0.293 e. The molecule has 0 aromatic heterocycles. The number of rotatable bonds is 2. The lowest BCUT2D eigenvalue weighted by Gasteiger charge is -2.48. The number of para-hydroxylation sites is 1. The molecule has 28 heavy (non-hydrogen) atoms. The third-order valence-electron chi connectivity index (χ3n) is 5.58. The third-order valence-corrected chi connectivity index (χ3v) is 5.58. The summed E-state index contributed by atoms with van der Waals surface area (Å²) in [6, 6.07) is 22.7. The van der Waals surface area contributed by atoms with Crippen molar-refractivity contribution in [3.05, 3.63) is 95.1 Å². The van der Waals surface area contributed by atoms with Gasteiger partial charge in [0.25, 0.3) is 11.8 Å². The van der Waals surface area contributed by atoms with Gasteiger partial charge in [-0.25, -0.2) is 5.01 Å². The Morgan fingerprint density at radius 2 is 1.54 bits per heavy atom. The number of carbonyl (C=O) groups is 2. The first-order chi connectivity index (χ1) is 13.5. The van der Waals surface area contributed by atoms with E-state index in [-0.39, 0.29) is 11.8 Å². The highest BCUT2D eigenvalue weighted by atomic mass is 16.2. The zero-order chi connectivity index (χ0) is 19.5. The Morgan fingerprint density at radius 1 is 0.821 bits per heavy atom. The van der Waals surface area contributed by atoms with Gasteiger partial charge in [0.05, 0.1) is 16.9 Å². The summed E-state index contributed by atoms with van der Waals surface area (Å²) in [5, 5.41) is 1.58. The van der Waals surface area contributed by atoms with Crippen LogP contribution in [0.3, 0.4) is 0 Å². The number of nitrogens with zero attached hydrogens (tertiary/aromatic N) is 2. The zero-order valence-corrected chi connectivity index (χ0v) is 15.6. The van der Waals surface area contributed by atoms with E-state index < -0.39 is 5.66 Å². The molecule has 5 heteroatoms. The molecule has 0 aliphatic carbocycles. The lowest BCUT2D eigenvalue weighted by atomic mass is 9.94. The van der Waals surface area contributed by atoms with Gasteiger partial charge in [-0.15, -0.1) is 0 Å². The first-order valence-electron chi connectivity index (χ1n) is 9.23. The minimum absolute atomic E-state index is 0.101. The van der Waals surface area contributed by atoms with Gasteiger partial charge in [-0.05, 0) is 44.2 Å². The zero-order valence-electron chi connectivity index (χ0n) is 15.6. The van der Waals surface area contributed by atoms with Gasteiger partial charge >= 0.3 is 0 Å². The molecule has 0 fully saturated rings. The van der Waals surface area contributed by atoms with Crippen LogP contribution >= 0.6 is 0 Å². The maximum atomic E-state index is 13.6. The summed E-state index contributed by atoms with van der Waals surface area (Å²) in [6.07, 6.45) is 0. The fourth-order valence-corrected chi connectivity index (χ4v) is 4.22. The van der Waals surface area contributed by atoms with Crippen LogP contribution in [0.1, 0.15) is 38.8 Å². The number of carbonyl (C=O) groups excluding carboxylic acids is 2. The van der Waals surface area contributed by atoms with E-state index >= 15 is 0 Å². The first kappa shape index (κ1) is 16.6. The van der Waals surface area contributed by atoms with E-state index in [1.807, 2.05) is 86.6 Å². The molecule has 1 atom stereocenters. The minimum atomic E-state index is -0.969. The Morgan fingerprint density at radius 3 is 2.32 bits per heavy atom. The van der Waals surface area contributed by atoms with Crippen molar-refractivity contribution in [2.75, 3.05) is 10.3 Å². The van der Waals surface area contributed by atoms with Gasteiger partial charge in [0.1, 0.15) is 0 Å². The van der Waals surface area contributed by atoms with Crippen molar-refractivity contribution in [1.82, 2.24) is 5.01 Å². The number of hydrazine groups is 1. The van der Waals surface area contributed by atoms with Crippen LogP contribution in [0.4, 0.5) is 11.4 Å². The van der Waals surface area contributed by atoms with Gasteiger partial charge in [0, 0.05) is 11.1 Å². The van der Waals surface area contributed by atoms with E-state index in [1.54, 1.807) is 9.91 Å². The van der Waals surface area contributed by atoms with E-state index in [0.717, 1.165) is 16.8 Å². The van der Waals surface area contributed by atoms with Crippen LogP contribution < -0.4 is 10.3 Å². The van der Waals surface area contributed by atoms with Crippen molar-refractivity contribution in [2.24, 2.45) is 0 Å². The maximum absolute atomic E-state index is 13.6. The van der Waals surface area contributed by atoms with Crippen LogP contribution in [-0.2, 0) is 5.66 Å². The average Bonchev–Trinajstić information content (AvgIpc) is 2.95. The van der Waals surface area contributed by atoms with Gasteiger partial charge in [-0.3, -0.25) is 19.9 Å². The van der Waals surface area contributed by atoms with Gasteiger partial charge < -0.3 is 0 Å². The Kier molecular flexibility index (Phi) is 3.37. The number of hydrogen-bond donors (Lipinski definition) is 1. The Hall–Kier alpha value is -3.60. The van der Waals surface area contributed by atoms with Crippen LogP contribution in [0.15, 0.2) is 72.8 Å². The van der Waals surface area contributed by atoms with Crippen molar-refractivity contribution < 1.29 is 9.59 Å². The molecule has 2 aliphatic heterocycles. The van der Waals surface area contributed by atoms with Crippen molar-refractivity contribution in [1.29, 1.82) is 0 Å². The number of aryl methyl sites for hydroxylation is 1. The van der Waals surface area contributed by atoms with Crippen molar-refractivity contribution in [2.45, 2.75) is 19.5 Å². The topological polar surface area (TPSA) is 52.7 Å². The summed E-state index contributed by atoms with van der Waals surface area (Å²) >= 11 is 0. The molecule has 0 saturated heterocycles. The molecule has 3 aromatic rings. The number of hydrogen-bond acceptors (Lipinski definition) is 3. The molecule has 138 valence electrons. The molecule has 0 spiro atoms. The third kappa shape index (κ3) is 2.07. The molecule has 2 heterocycles. The number of benzene rings is 3. The Bertz CT molecular complexity index is 1130. The Balaban J connectivity index is 1.77. The second-order valence-electron chi connectivity index (χ2n) is 7.35. The summed E-state index contributed by atoms with van der Waals surface area (Å²) in [4.78, 5) is 28.6. The second-order valence-corrected chi connectivity index (χ2v) is 7.35. The predicted octanol–water partition coefficient (Wildman–Crippen LogP) is 4.31. The Labute approximate surface area is 163 Å². The molecular formula is C23H19N3O2. The van der Waals surface area contributed by atoms with E-state index in [1.165, 1.54) is 0 Å². The van der Waals surface area contributed by atoms with Gasteiger partial charge in [-0.2, -0.15) is 0 Å². The monoisotopic (exact) mass is 369 g/mol. The lowest BCUT2D eigenvalue weighted by Crippen LogP contribution is -2.62. The molecule has 2 amide bonds. The number of nitrogens with one attached hydrogen (secondary N) is 1. The van der Waals surface area contributed by atoms with Crippen LogP contribution in [0.5, 0.6) is 0 Å². The van der Waals surface area contributed by atoms with Gasteiger partial charge in [0.2, 0.25) is 0 Å². The smallest absolute Gasteiger partial charge is 0.276 e. The lowest BCUT2D eigenvalue weighted by molar-refractivity contribution is 0.0547. The summed E-state index contributed by atoms with van der Waals surface area (Å²) in [5.74, 6) is -0.263. The molecule has 0 saturated carbocycles. The molecule has 5 rings (SSSR count). The normalized spacial score (nSPS) is 19.9. The van der Waals surface area contributed by atoms with E-state index in [2.05, 4.69) is 5.43 Å². The summed E-state index contributed by atoms with van der Waals surface area (Å²) < 4.78 is 0. The maximum Gasteiger partial charge on any atom is 0.276 e. The number of amides is 2. The molecule has 2 aliphatic rings. The van der Waals surface area contributed by atoms with Crippen molar-refractivity contribution in [3.63, 3.8) is 0 Å². The summed E-state index contributed by atoms with van der Waals surface area (Å²) in [6.45, 7) is 3.85. The fourth-order valence-electron chi connectivity index (χ4n) is 4.22. The largest absolute Gasteiger partial charge is 0.293 e. The molecule has 0 bridgehead atoms.